The molecule has 1 aromatic carbocycles. The van der Waals surface area contributed by atoms with Crippen molar-refractivity contribution in [1.29, 1.82) is 0 Å². The maximum atomic E-state index is 12.4. The first-order valence-corrected chi connectivity index (χ1v) is 8.79. The predicted octanol–water partition coefficient (Wildman–Crippen LogP) is 2.50. The molecule has 25 heavy (non-hydrogen) atoms. The lowest BCUT2D eigenvalue weighted by Crippen LogP contribution is -2.43. The molecular weight excluding hydrogens is 314 g/mol. The second-order valence-electron chi connectivity index (χ2n) is 6.68. The third kappa shape index (κ3) is 3.92. The number of hydrogen-bond acceptors (Lipinski definition) is 2. The van der Waals surface area contributed by atoms with E-state index in [0.717, 1.165) is 18.5 Å². The molecule has 2 heterocycles. The van der Waals surface area contributed by atoms with Gasteiger partial charge in [0, 0.05) is 43.0 Å². The van der Waals surface area contributed by atoms with Gasteiger partial charge >= 0.3 is 0 Å². The highest BCUT2D eigenvalue weighted by Gasteiger charge is 2.27. The number of nitrogens with one attached hydrogen (secondary N) is 1. The molecule has 0 unspecified atom stereocenters. The van der Waals surface area contributed by atoms with Crippen LogP contribution in [0.3, 0.4) is 0 Å². The molecule has 132 valence electrons. The van der Waals surface area contributed by atoms with Crippen molar-refractivity contribution in [2.75, 3.05) is 13.1 Å². The van der Waals surface area contributed by atoms with Crippen molar-refractivity contribution in [1.82, 2.24) is 14.8 Å². The molecular formula is C20H25N3O2. The van der Waals surface area contributed by atoms with Gasteiger partial charge < -0.3 is 14.8 Å². The van der Waals surface area contributed by atoms with Crippen LogP contribution in [-0.4, -0.2) is 34.4 Å². The number of nitrogens with zero attached hydrogens (tertiary/aromatic N) is 2. The van der Waals surface area contributed by atoms with Crippen molar-refractivity contribution in [3.63, 3.8) is 0 Å². The molecule has 0 radical (unpaired) electrons. The molecule has 1 aliphatic heterocycles. The fourth-order valence-electron chi connectivity index (χ4n) is 3.27. The zero-order chi connectivity index (χ0) is 17.8. The highest BCUT2D eigenvalue weighted by molar-refractivity contribution is 5.94. The van der Waals surface area contributed by atoms with E-state index in [2.05, 4.69) is 16.0 Å². The molecule has 0 bridgehead atoms. The maximum absolute atomic E-state index is 12.4. The molecule has 0 atom stereocenters. The van der Waals surface area contributed by atoms with Crippen LogP contribution in [0.2, 0.25) is 0 Å². The van der Waals surface area contributed by atoms with Crippen LogP contribution in [0, 0.1) is 12.8 Å². The summed E-state index contributed by atoms with van der Waals surface area (Å²) in [5.74, 6) is 0.130. The second-order valence-corrected chi connectivity index (χ2v) is 6.68. The first-order valence-electron chi connectivity index (χ1n) is 8.79. The van der Waals surface area contributed by atoms with E-state index in [1.165, 1.54) is 5.69 Å². The smallest absolute Gasteiger partial charge is 0.253 e. The summed E-state index contributed by atoms with van der Waals surface area (Å²) < 4.78 is 2.08. The average molecular weight is 339 g/mol. The minimum Gasteiger partial charge on any atom is -0.350 e. The lowest BCUT2D eigenvalue weighted by atomic mass is 9.95. The standard InChI is InChI=1S/C20H25N3O2/c1-15-8-9-18(22(15)2)14-21-19(24)16-10-12-23(13-11-16)20(25)17-6-4-3-5-7-17/h3-9,16H,10-14H2,1-2H3,(H,21,24). The van der Waals surface area contributed by atoms with Crippen LogP contribution in [0.1, 0.15) is 34.6 Å². The molecule has 2 amide bonds. The monoisotopic (exact) mass is 339 g/mol. The number of carbonyl (C=O) groups excluding carboxylic acids is 2. The number of hydrogen-bond donors (Lipinski definition) is 1. The van der Waals surface area contributed by atoms with E-state index in [4.69, 9.17) is 0 Å². The Hall–Kier alpha value is -2.56. The van der Waals surface area contributed by atoms with Crippen molar-refractivity contribution >= 4 is 11.8 Å². The Morgan fingerprint density at radius 1 is 1.08 bits per heavy atom. The van der Waals surface area contributed by atoms with Crippen LogP contribution >= 0.6 is 0 Å². The van der Waals surface area contributed by atoms with E-state index < -0.39 is 0 Å². The number of carbonyl (C=O) groups is 2. The molecule has 2 aromatic rings. The van der Waals surface area contributed by atoms with Gasteiger partial charge in [-0.2, -0.15) is 0 Å². The molecule has 1 saturated heterocycles. The zero-order valence-corrected chi connectivity index (χ0v) is 14.9. The fraction of sp³-hybridized carbons (Fsp3) is 0.400. The Morgan fingerprint density at radius 3 is 2.36 bits per heavy atom. The number of aromatic nitrogens is 1. The summed E-state index contributed by atoms with van der Waals surface area (Å²) in [6.45, 7) is 3.86. The lowest BCUT2D eigenvalue weighted by molar-refractivity contribution is -0.126. The van der Waals surface area contributed by atoms with E-state index >= 15 is 0 Å². The van der Waals surface area contributed by atoms with Gasteiger partial charge in [-0.05, 0) is 44.0 Å². The second kappa shape index (κ2) is 7.55. The van der Waals surface area contributed by atoms with Crippen molar-refractivity contribution in [3.8, 4) is 0 Å². The number of benzene rings is 1. The topological polar surface area (TPSA) is 54.3 Å². The van der Waals surface area contributed by atoms with E-state index in [9.17, 15) is 9.59 Å². The van der Waals surface area contributed by atoms with E-state index in [0.29, 0.717) is 25.2 Å². The minimum atomic E-state index is -0.0128. The Bertz CT molecular complexity index is 744. The Morgan fingerprint density at radius 2 is 1.76 bits per heavy atom. The van der Waals surface area contributed by atoms with Crippen LogP contribution in [0.15, 0.2) is 42.5 Å². The number of aryl methyl sites for hydroxylation is 1. The van der Waals surface area contributed by atoms with Gasteiger partial charge in [0.15, 0.2) is 0 Å². The third-order valence-corrected chi connectivity index (χ3v) is 5.09. The molecule has 3 rings (SSSR count). The molecule has 1 N–H and O–H groups in total. The van der Waals surface area contributed by atoms with E-state index in [1.807, 2.05) is 55.3 Å². The molecule has 0 aliphatic carbocycles. The number of piperidine rings is 1. The van der Waals surface area contributed by atoms with E-state index in [1.54, 1.807) is 0 Å². The molecule has 0 saturated carbocycles. The summed E-state index contributed by atoms with van der Waals surface area (Å²) in [4.78, 5) is 26.7. The highest BCUT2D eigenvalue weighted by Crippen LogP contribution is 2.19. The van der Waals surface area contributed by atoms with Gasteiger partial charge in [-0.3, -0.25) is 9.59 Å². The summed E-state index contributed by atoms with van der Waals surface area (Å²) in [6, 6.07) is 13.4. The third-order valence-electron chi connectivity index (χ3n) is 5.09. The van der Waals surface area contributed by atoms with Crippen molar-refractivity contribution in [2.24, 2.45) is 13.0 Å². The lowest BCUT2D eigenvalue weighted by Gasteiger charge is -2.31. The normalized spacial score (nSPS) is 15.2. The fourth-order valence-corrected chi connectivity index (χ4v) is 3.27. The highest BCUT2D eigenvalue weighted by atomic mass is 16.2. The summed E-state index contributed by atoms with van der Waals surface area (Å²) in [7, 11) is 2.00. The van der Waals surface area contributed by atoms with Crippen LogP contribution < -0.4 is 5.32 Å². The van der Waals surface area contributed by atoms with E-state index in [-0.39, 0.29) is 17.7 Å². The summed E-state index contributed by atoms with van der Waals surface area (Å²) in [5, 5.41) is 3.04. The molecule has 1 fully saturated rings. The SMILES string of the molecule is Cc1ccc(CNC(=O)C2CCN(C(=O)c3ccccc3)CC2)n1C. The van der Waals surface area contributed by atoms with Crippen LogP contribution in [-0.2, 0) is 18.4 Å². The average Bonchev–Trinajstić information content (AvgIpc) is 2.98. The molecule has 5 nitrogen and oxygen atoms in total. The molecule has 0 spiro atoms. The minimum absolute atomic E-state index is 0.0128. The van der Waals surface area contributed by atoms with Gasteiger partial charge in [0.2, 0.25) is 5.91 Å². The summed E-state index contributed by atoms with van der Waals surface area (Å²) in [5.41, 5.74) is 2.99. The molecule has 5 heteroatoms. The predicted molar refractivity (Wildman–Crippen MR) is 97.1 cm³/mol. The van der Waals surface area contributed by atoms with Gasteiger partial charge in [-0.1, -0.05) is 18.2 Å². The maximum Gasteiger partial charge on any atom is 0.253 e. The molecule has 1 aliphatic rings. The number of amides is 2. The Kier molecular flexibility index (Phi) is 5.22. The number of rotatable bonds is 4. The van der Waals surface area contributed by atoms with Gasteiger partial charge in [-0.15, -0.1) is 0 Å². The van der Waals surface area contributed by atoms with Crippen molar-refractivity contribution in [3.05, 3.63) is 59.4 Å². The van der Waals surface area contributed by atoms with Crippen molar-refractivity contribution < 1.29 is 9.59 Å². The summed E-state index contributed by atoms with van der Waals surface area (Å²) >= 11 is 0. The van der Waals surface area contributed by atoms with Gasteiger partial charge in [0.1, 0.15) is 0 Å². The van der Waals surface area contributed by atoms with Crippen molar-refractivity contribution in [2.45, 2.75) is 26.3 Å². The first kappa shape index (κ1) is 17.3. The van der Waals surface area contributed by atoms with Gasteiger partial charge in [-0.25, -0.2) is 0 Å². The van der Waals surface area contributed by atoms with Crippen LogP contribution in [0.5, 0.6) is 0 Å². The zero-order valence-electron chi connectivity index (χ0n) is 14.9. The number of likely N-dealkylation sites (tertiary alicyclic amines) is 1. The first-order chi connectivity index (χ1) is 12.1. The van der Waals surface area contributed by atoms with Crippen LogP contribution in [0.25, 0.3) is 0 Å². The summed E-state index contributed by atoms with van der Waals surface area (Å²) in [6.07, 6.45) is 1.44. The Labute approximate surface area is 148 Å². The van der Waals surface area contributed by atoms with Gasteiger partial charge in [0.25, 0.3) is 5.91 Å². The Balaban J connectivity index is 1.49. The van der Waals surface area contributed by atoms with Gasteiger partial charge in [0.05, 0.1) is 6.54 Å². The largest absolute Gasteiger partial charge is 0.350 e. The molecule has 1 aromatic heterocycles. The van der Waals surface area contributed by atoms with Crippen LogP contribution in [0.4, 0.5) is 0 Å². The quantitative estimate of drug-likeness (QED) is 0.930.